The molecule has 0 unspecified atom stereocenters. The third-order valence-electron chi connectivity index (χ3n) is 17.7. The van der Waals surface area contributed by atoms with Crippen molar-refractivity contribution >= 4 is 55.7 Å². The lowest BCUT2D eigenvalue weighted by molar-refractivity contribution is 0.590. The summed E-state index contributed by atoms with van der Waals surface area (Å²) >= 11 is 0. The maximum Gasteiger partial charge on any atom is 0.0543 e. The van der Waals surface area contributed by atoms with Crippen molar-refractivity contribution in [1.82, 2.24) is 0 Å². The van der Waals surface area contributed by atoms with Gasteiger partial charge in [-0.3, -0.25) is 0 Å². The first-order valence-electron chi connectivity index (χ1n) is 27.2. The molecule has 0 radical (unpaired) electrons. The fourth-order valence-electron chi connectivity index (χ4n) is 13.4. The largest absolute Gasteiger partial charge is 0.310 e. The zero-order chi connectivity index (χ0) is 52.1. The van der Waals surface area contributed by atoms with Gasteiger partial charge in [-0.05, 0) is 184 Å². The van der Waals surface area contributed by atoms with E-state index in [1.165, 1.54) is 111 Å². The lowest BCUT2D eigenvalue weighted by Gasteiger charge is -2.30. The van der Waals surface area contributed by atoms with Crippen molar-refractivity contribution in [1.29, 1.82) is 0 Å². The van der Waals surface area contributed by atoms with Crippen molar-refractivity contribution in [3.05, 3.63) is 239 Å². The molecule has 3 aliphatic carbocycles. The summed E-state index contributed by atoms with van der Waals surface area (Å²) in [5, 5.41) is 5.11. The van der Waals surface area contributed by atoms with Crippen molar-refractivity contribution in [2.75, 3.05) is 9.80 Å². The highest BCUT2D eigenvalue weighted by molar-refractivity contribution is 6.12. The Bertz CT molecular complexity index is 3690. The van der Waals surface area contributed by atoms with Gasteiger partial charge >= 0.3 is 0 Å². The van der Waals surface area contributed by atoms with Crippen LogP contribution < -0.4 is 9.80 Å². The topological polar surface area (TPSA) is 6.48 Å². The zero-order valence-electron chi connectivity index (χ0n) is 45.9. The van der Waals surface area contributed by atoms with Gasteiger partial charge in [-0.2, -0.15) is 0 Å². The van der Waals surface area contributed by atoms with Crippen LogP contribution in [0.4, 0.5) is 34.1 Å². The molecule has 10 aromatic rings. The number of anilines is 6. The fourth-order valence-corrected chi connectivity index (χ4v) is 13.4. The van der Waals surface area contributed by atoms with E-state index < -0.39 is 0 Å². The van der Waals surface area contributed by atoms with E-state index in [0.29, 0.717) is 0 Å². The molecule has 2 nitrogen and oxygen atoms in total. The molecule has 10 aromatic carbocycles. The first kappa shape index (κ1) is 47.1. The van der Waals surface area contributed by atoms with Gasteiger partial charge in [-0.1, -0.05) is 192 Å². The van der Waals surface area contributed by atoms with Crippen LogP contribution >= 0.6 is 0 Å². The summed E-state index contributed by atoms with van der Waals surface area (Å²) in [6.07, 6.45) is 0. The molecule has 0 aliphatic heterocycles. The third-order valence-corrected chi connectivity index (χ3v) is 17.7. The maximum atomic E-state index is 2.60. The molecular formula is C73H68N2. The molecule has 0 amide bonds. The van der Waals surface area contributed by atoms with Crippen LogP contribution in [0.3, 0.4) is 0 Å². The molecule has 0 bridgehead atoms. The molecule has 2 heteroatoms. The molecule has 0 atom stereocenters. The van der Waals surface area contributed by atoms with E-state index in [4.69, 9.17) is 0 Å². The molecule has 370 valence electrons. The second-order valence-corrected chi connectivity index (χ2v) is 25.4. The summed E-state index contributed by atoms with van der Waals surface area (Å²) in [4.78, 5) is 4.95. The van der Waals surface area contributed by atoms with Gasteiger partial charge in [0.1, 0.15) is 0 Å². The predicted molar refractivity (Wildman–Crippen MR) is 321 cm³/mol. The standard InChI is InChI=1S/C73H68N2/c1-69(2,3)45-31-35-49(36-32-45)74(47-23-15-13-16-24-47)65-43-63-67(53-29-21-19-27-51(53)65)57-41-59-55(39-61(57)72(63,9)10)56-40-62-58(42-60(56)71(59,7)8)68-54-30-22-20-28-52(54)66(44-64(68)73(62,11)12)75(48-25-17-14-18-26-48)50-37-33-46(34-38-50)70(4,5)6/h13-44H,1-12H3. The van der Waals surface area contributed by atoms with Crippen molar-refractivity contribution in [2.24, 2.45) is 0 Å². The molecule has 0 heterocycles. The van der Waals surface area contributed by atoms with E-state index in [2.05, 4.69) is 287 Å². The number of fused-ring (bicyclic) bond motifs is 13. The Hall–Kier alpha value is -7.68. The molecule has 0 saturated carbocycles. The second-order valence-electron chi connectivity index (χ2n) is 25.4. The summed E-state index contributed by atoms with van der Waals surface area (Å²) in [6.45, 7) is 28.5. The average molecular weight is 973 g/mol. The van der Waals surface area contributed by atoms with Crippen molar-refractivity contribution < 1.29 is 0 Å². The van der Waals surface area contributed by atoms with Gasteiger partial charge in [0.05, 0.1) is 11.4 Å². The lowest BCUT2D eigenvalue weighted by Crippen LogP contribution is -2.18. The monoisotopic (exact) mass is 973 g/mol. The molecule has 0 spiro atoms. The van der Waals surface area contributed by atoms with Crippen LogP contribution in [0.1, 0.15) is 128 Å². The molecule has 0 N–H and O–H groups in total. The quantitative estimate of drug-likeness (QED) is 0.164. The Labute approximate surface area is 445 Å². The number of para-hydroxylation sites is 2. The third kappa shape index (κ3) is 6.98. The van der Waals surface area contributed by atoms with Gasteiger partial charge in [0.25, 0.3) is 0 Å². The minimum atomic E-state index is -0.261. The van der Waals surface area contributed by atoms with Gasteiger partial charge < -0.3 is 9.80 Å². The summed E-state index contributed by atoms with van der Waals surface area (Å²) in [6, 6.07) is 74.0. The van der Waals surface area contributed by atoms with E-state index in [9.17, 15) is 0 Å². The SMILES string of the molecule is CC(C)(C)c1ccc(N(c2ccccc2)c2cc3c(c4ccccc24)-c2cc4c(cc2C3(C)C)-c2cc3c(cc2C4(C)C)-c2c(cc(N(c4ccccc4)c4ccc(C(C)(C)C)cc4)c4ccccc24)C3(C)C)cc1. The van der Waals surface area contributed by atoms with E-state index in [1.807, 2.05) is 0 Å². The van der Waals surface area contributed by atoms with Gasteiger partial charge in [0.2, 0.25) is 0 Å². The van der Waals surface area contributed by atoms with Crippen LogP contribution in [0.15, 0.2) is 194 Å². The Morgan fingerprint density at radius 1 is 0.280 bits per heavy atom. The summed E-state index contributed by atoms with van der Waals surface area (Å²) in [7, 11) is 0. The van der Waals surface area contributed by atoms with Crippen molar-refractivity contribution in [3.8, 4) is 33.4 Å². The second kappa shape index (κ2) is 16.2. The molecule has 75 heavy (non-hydrogen) atoms. The van der Waals surface area contributed by atoms with Gasteiger partial charge in [0.15, 0.2) is 0 Å². The Morgan fingerprint density at radius 3 is 0.907 bits per heavy atom. The van der Waals surface area contributed by atoms with Crippen LogP contribution in [-0.2, 0) is 27.1 Å². The lowest BCUT2D eigenvalue weighted by atomic mass is 9.78. The molecular weight excluding hydrogens is 905 g/mol. The van der Waals surface area contributed by atoms with E-state index >= 15 is 0 Å². The van der Waals surface area contributed by atoms with Crippen LogP contribution in [0.5, 0.6) is 0 Å². The normalized spacial score (nSPS) is 15.3. The van der Waals surface area contributed by atoms with Crippen molar-refractivity contribution in [3.63, 3.8) is 0 Å². The molecule has 3 aliphatic rings. The molecule has 13 rings (SSSR count). The van der Waals surface area contributed by atoms with Crippen LogP contribution in [-0.4, -0.2) is 0 Å². The highest BCUT2D eigenvalue weighted by atomic mass is 15.1. The van der Waals surface area contributed by atoms with Gasteiger partial charge in [-0.25, -0.2) is 0 Å². The Morgan fingerprint density at radius 2 is 0.560 bits per heavy atom. The zero-order valence-corrected chi connectivity index (χ0v) is 45.9. The number of benzene rings is 10. The highest BCUT2D eigenvalue weighted by Gasteiger charge is 2.46. The minimum Gasteiger partial charge on any atom is -0.310 e. The molecule has 0 saturated heterocycles. The summed E-state index contributed by atoms with van der Waals surface area (Å²) in [5.41, 5.74) is 25.7. The number of rotatable bonds is 6. The average Bonchev–Trinajstić information content (AvgIpc) is 3.93. The maximum absolute atomic E-state index is 2.60. The fraction of sp³-hybridized carbons (Fsp3) is 0.233. The number of nitrogens with zero attached hydrogens (tertiary/aromatic N) is 2. The predicted octanol–water partition coefficient (Wildman–Crippen LogP) is 20.4. The number of hydrogen-bond acceptors (Lipinski definition) is 2. The van der Waals surface area contributed by atoms with Crippen molar-refractivity contribution in [2.45, 2.75) is 110 Å². The number of hydrogen-bond donors (Lipinski definition) is 0. The van der Waals surface area contributed by atoms with Gasteiger partial charge in [-0.15, -0.1) is 0 Å². The Balaban J connectivity index is 0.964. The summed E-state index contributed by atoms with van der Waals surface area (Å²) in [5.74, 6) is 0. The Kier molecular flexibility index (Phi) is 10.1. The van der Waals surface area contributed by atoms with E-state index in [-0.39, 0.29) is 27.1 Å². The van der Waals surface area contributed by atoms with Crippen LogP contribution in [0.25, 0.3) is 54.9 Å². The minimum absolute atomic E-state index is 0.0626. The molecule has 0 fully saturated rings. The van der Waals surface area contributed by atoms with Crippen LogP contribution in [0, 0.1) is 0 Å². The van der Waals surface area contributed by atoms with Gasteiger partial charge in [0, 0.05) is 49.8 Å². The summed E-state index contributed by atoms with van der Waals surface area (Å²) < 4.78 is 0. The van der Waals surface area contributed by atoms with E-state index in [1.54, 1.807) is 0 Å². The van der Waals surface area contributed by atoms with E-state index in [0.717, 1.165) is 22.7 Å². The smallest absolute Gasteiger partial charge is 0.0543 e. The van der Waals surface area contributed by atoms with Crippen LogP contribution in [0.2, 0.25) is 0 Å². The first-order valence-corrected chi connectivity index (χ1v) is 27.2. The highest BCUT2D eigenvalue weighted by Crippen LogP contribution is 2.62. The molecule has 0 aromatic heterocycles. The first-order chi connectivity index (χ1) is 35.7.